The number of imidazole rings is 1. The molecule has 25 heavy (non-hydrogen) atoms. The van der Waals surface area contributed by atoms with Gasteiger partial charge in [0.25, 0.3) is 0 Å². The van der Waals surface area contributed by atoms with Crippen LogP contribution in [0.3, 0.4) is 0 Å². The number of nitriles is 2. The third-order valence-corrected chi connectivity index (χ3v) is 3.82. The van der Waals surface area contributed by atoms with E-state index in [4.69, 9.17) is 10.5 Å². The van der Waals surface area contributed by atoms with Gasteiger partial charge in [0.1, 0.15) is 18.0 Å². The average Bonchev–Trinajstić information content (AvgIpc) is 3.26. The van der Waals surface area contributed by atoms with Crippen LogP contribution in [-0.4, -0.2) is 9.55 Å². The summed E-state index contributed by atoms with van der Waals surface area (Å²) < 4.78 is 1.61. The number of benzene rings is 1. The fourth-order valence-corrected chi connectivity index (χ4v) is 2.41. The van der Waals surface area contributed by atoms with Crippen LogP contribution in [-0.2, 0) is 7.05 Å². The van der Waals surface area contributed by atoms with Gasteiger partial charge in [0.05, 0.1) is 0 Å². The summed E-state index contributed by atoms with van der Waals surface area (Å²) in [5.74, 6) is 6.88. The van der Waals surface area contributed by atoms with Gasteiger partial charge in [-0.1, -0.05) is 48.3 Å². The van der Waals surface area contributed by atoms with Crippen LogP contribution in [0.25, 0.3) is 12.2 Å². The summed E-state index contributed by atoms with van der Waals surface area (Å²) in [4.78, 5) is 4.16. The molecule has 0 spiro atoms. The van der Waals surface area contributed by atoms with E-state index < -0.39 is 0 Å². The average molecular weight is 322 g/mol. The van der Waals surface area contributed by atoms with E-state index in [0.29, 0.717) is 5.82 Å². The van der Waals surface area contributed by atoms with Gasteiger partial charge in [-0.05, 0) is 30.2 Å². The number of rotatable bonds is 2. The molecule has 0 atom stereocenters. The van der Waals surface area contributed by atoms with Crippen molar-refractivity contribution >= 4 is 12.2 Å². The lowest BCUT2D eigenvalue weighted by atomic mass is 10.1. The molecule has 1 aromatic heterocycles. The smallest absolute Gasteiger partial charge is 0.177 e. The Balaban J connectivity index is 1.76. The van der Waals surface area contributed by atoms with Crippen molar-refractivity contribution in [2.75, 3.05) is 0 Å². The van der Waals surface area contributed by atoms with Gasteiger partial charge >= 0.3 is 0 Å². The first-order valence-corrected chi connectivity index (χ1v) is 7.74. The van der Waals surface area contributed by atoms with E-state index >= 15 is 0 Å². The van der Waals surface area contributed by atoms with Crippen LogP contribution in [0.1, 0.15) is 34.8 Å². The van der Waals surface area contributed by atoms with Gasteiger partial charge in [-0.2, -0.15) is 10.5 Å². The van der Waals surface area contributed by atoms with E-state index in [1.165, 1.54) is 0 Å². The molecule has 0 N–H and O–H groups in total. The first-order valence-electron chi connectivity index (χ1n) is 7.74. The fraction of sp³-hybridized carbons (Fsp3) is 0.0952. The molecule has 1 heterocycles. The van der Waals surface area contributed by atoms with Gasteiger partial charge in [-0.25, -0.2) is 4.98 Å². The molecule has 2 aromatic rings. The first kappa shape index (κ1) is 16.1. The lowest BCUT2D eigenvalue weighted by molar-refractivity contribution is 0.882. The largest absolute Gasteiger partial charge is 0.318 e. The van der Waals surface area contributed by atoms with Crippen molar-refractivity contribution in [3.8, 4) is 24.0 Å². The predicted octanol–water partition coefficient (Wildman–Crippen LogP) is 3.57. The minimum atomic E-state index is 0.144. The maximum Gasteiger partial charge on any atom is 0.177 e. The fourth-order valence-electron chi connectivity index (χ4n) is 2.41. The van der Waals surface area contributed by atoms with Gasteiger partial charge in [0.15, 0.2) is 11.4 Å². The second-order valence-corrected chi connectivity index (χ2v) is 5.48. The highest BCUT2D eigenvalue weighted by atomic mass is 15.1. The molecule has 0 fully saturated rings. The van der Waals surface area contributed by atoms with Gasteiger partial charge in [-0.15, -0.1) is 0 Å². The first-order chi connectivity index (χ1) is 12.2. The summed E-state index contributed by atoms with van der Waals surface area (Å²) in [6.07, 6.45) is 10.7. The lowest BCUT2D eigenvalue weighted by Crippen LogP contribution is -1.94. The molecule has 118 valence electrons. The molecule has 1 aromatic carbocycles. The highest BCUT2D eigenvalue weighted by Gasteiger charge is 2.11. The highest BCUT2D eigenvalue weighted by molar-refractivity contribution is 5.68. The SMILES string of the molecule is Cn1c(/C=C/c2ccc(C#CC3=CC=CC3)cc2)nc(C#N)c1C#N. The molecule has 1 aliphatic carbocycles. The zero-order valence-corrected chi connectivity index (χ0v) is 13.7. The molecule has 0 radical (unpaired) electrons. The van der Waals surface area contributed by atoms with Crippen LogP contribution in [0, 0.1) is 34.5 Å². The summed E-state index contributed by atoms with van der Waals surface area (Å²) in [7, 11) is 1.72. The topological polar surface area (TPSA) is 65.4 Å². The van der Waals surface area contributed by atoms with E-state index in [-0.39, 0.29) is 11.4 Å². The Morgan fingerprint density at radius 3 is 2.48 bits per heavy atom. The van der Waals surface area contributed by atoms with Crippen LogP contribution in [0.4, 0.5) is 0 Å². The monoisotopic (exact) mass is 322 g/mol. The molecule has 1 aliphatic rings. The summed E-state index contributed by atoms with van der Waals surface area (Å²) in [6, 6.07) is 11.8. The van der Waals surface area contributed by atoms with Crippen molar-refractivity contribution in [3.05, 3.63) is 76.4 Å². The van der Waals surface area contributed by atoms with Crippen molar-refractivity contribution in [1.29, 1.82) is 10.5 Å². The van der Waals surface area contributed by atoms with E-state index in [1.54, 1.807) is 17.7 Å². The second-order valence-electron chi connectivity index (χ2n) is 5.48. The molecule has 4 nitrogen and oxygen atoms in total. The summed E-state index contributed by atoms with van der Waals surface area (Å²) >= 11 is 0. The maximum atomic E-state index is 9.08. The van der Waals surface area contributed by atoms with E-state index in [0.717, 1.165) is 23.1 Å². The molecule has 3 rings (SSSR count). The molecular formula is C21H14N4. The zero-order chi connectivity index (χ0) is 17.6. The van der Waals surface area contributed by atoms with Crippen LogP contribution < -0.4 is 0 Å². The zero-order valence-electron chi connectivity index (χ0n) is 13.7. The Morgan fingerprint density at radius 1 is 1.08 bits per heavy atom. The number of nitrogens with zero attached hydrogens (tertiary/aromatic N) is 4. The Kier molecular flexibility index (Phi) is 4.61. The van der Waals surface area contributed by atoms with Gasteiger partial charge in [-0.3, -0.25) is 0 Å². The number of hydrogen-bond acceptors (Lipinski definition) is 3. The molecule has 0 saturated carbocycles. The van der Waals surface area contributed by atoms with E-state index in [9.17, 15) is 0 Å². The number of allylic oxidation sites excluding steroid dienone is 4. The van der Waals surface area contributed by atoms with E-state index in [1.807, 2.05) is 54.6 Å². The highest BCUT2D eigenvalue weighted by Crippen LogP contribution is 2.13. The van der Waals surface area contributed by atoms with Crippen LogP contribution >= 0.6 is 0 Å². The molecule has 0 unspecified atom stereocenters. The number of hydrogen-bond donors (Lipinski definition) is 0. The minimum absolute atomic E-state index is 0.144. The molecule has 0 amide bonds. The van der Waals surface area contributed by atoms with Crippen molar-refractivity contribution in [2.45, 2.75) is 6.42 Å². The summed E-state index contributed by atoms with van der Waals surface area (Å²) in [5.41, 5.74) is 3.49. The van der Waals surface area contributed by atoms with Gasteiger partial charge in [0.2, 0.25) is 0 Å². The molecule has 0 saturated heterocycles. The third-order valence-electron chi connectivity index (χ3n) is 3.82. The Hall–Kier alpha value is -3.81. The quantitative estimate of drug-likeness (QED) is 0.794. The van der Waals surface area contributed by atoms with Crippen LogP contribution in [0.15, 0.2) is 48.1 Å². The normalized spacial score (nSPS) is 12.4. The third kappa shape index (κ3) is 3.58. The predicted molar refractivity (Wildman–Crippen MR) is 96.7 cm³/mol. The second kappa shape index (κ2) is 7.18. The van der Waals surface area contributed by atoms with E-state index in [2.05, 4.69) is 22.9 Å². The number of aromatic nitrogens is 2. The van der Waals surface area contributed by atoms with Crippen LogP contribution in [0.5, 0.6) is 0 Å². The van der Waals surface area contributed by atoms with Crippen LogP contribution in [0.2, 0.25) is 0 Å². The van der Waals surface area contributed by atoms with Crippen molar-refractivity contribution in [1.82, 2.24) is 9.55 Å². The van der Waals surface area contributed by atoms with Crippen molar-refractivity contribution in [3.63, 3.8) is 0 Å². The van der Waals surface area contributed by atoms with Crippen molar-refractivity contribution in [2.24, 2.45) is 7.05 Å². The lowest BCUT2D eigenvalue weighted by Gasteiger charge is -1.97. The standard InChI is InChI=1S/C21H14N4/c1-25-20(15-23)19(14-22)24-21(25)13-12-18-10-8-17(9-11-18)7-6-16-4-2-3-5-16/h2-4,8-13H,5H2,1H3/b13-12+. The summed E-state index contributed by atoms with van der Waals surface area (Å²) in [6.45, 7) is 0. The molecule has 0 bridgehead atoms. The summed E-state index contributed by atoms with van der Waals surface area (Å²) in [5, 5.41) is 18.1. The van der Waals surface area contributed by atoms with Gasteiger partial charge in [0, 0.05) is 18.2 Å². The maximum absolute atomic E-state index is 9.08. The Morgan fingerprint density at radius 2 is 1.88 bits per heavy atom. The Bertz CT molecular complexity index is 1040. The van der Waals surface area contributed by atoms with Gasteiger partial charge < -0.3 is 4.57 Å². The molecule has 0 aliphatic heterocycles. The van der Waals surface area contributed by atoms with Crippen molar-refractivity contribution < 1.29 is 0 Å². The molecule has 4 heteroatoms. The molecular weight excluding hydrogens is 308 g/mol. The minimum Gasteiger partial charge on any atom is -0.318 e. The Labute approximate surface area is 146 Å².